The molecule has 0 N–H and O–H groups in total. The standard InChI is InChI=1S/C25H17BrO/c26-24-15-13-19(22-11-4-5-12-23(22)24)14-16-25(27)21-10-6-9-20(17-21)18-7-2-1-3-8-18/h1-17H/b16-14+. The number of ketones is 1. The molecule has 0 atom stereocenters. The Hall–Kier alpha value is -2.97. The van der Waals surface area contributed by atoms with E-state index in [1.54, 1.807) is 6.08 Å². The second-order valence-corrected chi connectivity index (χ2v) is 7.18. The highest BCUT2D eigenvalue weighted by Crippen LogP contribution is 2.28. The van der Waals surface area contributed by atoms with Crippen LogP contribution in [0.1, 0.15) is 15.9 Å². The monoisotopic (exact) mass is 412 g/mol. The molecule has 0 aliphatic rings. The van der Waals surface area contributed by atoms with E-state index in [0.717, 1.165) is 31.9 Å². The third-order valence-electron chi connectivity index (χ3n) is 4.57. The minimum absolute atomic E-state index is 0.000203. The molecule has 0 unspecified atom stereocenters. The average molecular weight is 413 g/mol. The van der Waals surface area contributed by atoms with Gasteiger partial charge in [-0.2, -0.15) is 0 Å². The predicted molar refractivity (Wildman–Crippen MR) is 117 cm³/mol. The van der Waals surface area contributed by atoms with Gasteiger partial charge in [-0.3, -0.25) is 4.79 Å². The highest BCUT2D eigenvalue weighted by atomic mass is 79.9. The summed E-state index contributed by atoms with van der Waals surface area (Å²) >= 11 is 3.59. The zero-order valence-corrected chi connectivity index (χ0v) is 16.2. The molecule has 0 spiro atoms. The van der Waals surface area contributed by atoms with Crippen molar-refractivity contribution in [1.29, 1.82) is 0 Å². The molecule has 0 aliphatic heterocycles. The molecule has 0 amide bonds. The molecule has 27 heavy (non-hydrogen) atoms. The first-order chi connectivity index (χ1) is 13.2. The van der Waals surface area contributed by atoms with Gasteiger partial charge in [0.15, 0.2) is 5.78 Å². The highest BCUT2D eigenvalue weighted by Gasteiger charge is 2.06. The lowest BCUT2D eigenvalue weighted by Crippen LogP contribution is -1.94. The van der Waals surface area contributed by atoms with Crippen molar-refractivity contribution in [3.63, 3.8) is 0 Å². The summed E-state index contributed by atoms with van der Waals surface area (Å²) < 4.78 is 1.05. The van der Waals surface area contributed by atoms with Crippen LogP contribution >= 0.6 is 15.9 Å². The van der Waals surface area contributed by atoms with E-state index in [1.165, 1.54) is 0 Å². The van der Waals surface area contributed by atoms with Crippen molar-refractivity contribution < 1.29 is 4.79 Å². The lowest BCUT2D eigenvalue weighted by atomic mass is 10.00. The fraction of sp³-hybridized carbons (Fsp3) is 0. The van der Waals surface area contributed by atoms with E-state index in [2.05, 4.69) is 28.1 Å². The van der Waals surface area contributed by atoms with Crippen molar-refractivity contribution in [1.82, 2.24) is 0 Å². The lowest BCUT2D eigenvalue weighted by molar-refractivity contribution is 0.104. The molecule has 0 bridgehead atoms. The largest absolute Gasteiger partial charge is 0.289 e. The van der Waals surface area contributed by atoms with Crippen molar-refractivity contribution in [2.24, 2.45) is 0 Å². The summed E-state index contributed by atoms with van der Waals surface area (Å²) in [6.07, 6.45) is 3.55. The van der Waals surface area contributed by atoms with Crippen LogP contribution in [0.4, 0.5) is 0 Å². The fourth-order valence-corrected chi connectivity index (χ4v) is 3.65. The maximum atomic E-state index is 12.7. The molecule has 0 radical (unpaired) electrons. The number of carbonyl (C=O) groups is 1. The quantitative estimate of drug-likeness (QED) is 0.256. The van der Waals surface area contributed by atoms with Crippen LogP contribution in [-0.4, -0.2) is 5.78 Å². The first-order valence-electron chi connectivity index (χ1n) is 8.77. The van der Waals surface area contributed by atoms with Gasteiger partial charge < -0.3 is 0 Å². The van der Waals surface area contributed by atoms with Gasteiger partial charge in [-0.05, 0) is 45.7 Å². The van der Waals surface area contributed by atoms with Crippen molar-refractivity contribution >= 4 is 38.6 Å². The van der Waals surface area contributed by atoms with Gasteiger partial charge in [-0.15, -0.1) is 0 Å². The zero-order valence-electron chi connectivity index (χ0n) is 14.6. The molecular weight excluding hydrogens is 396 g/mol. The number of carbonyl (C=O) groups excluding carboxylic acids is 1. The summed E-state index contributed by atoms with van der Waals surface area (Å²) in [6, 6.07) is 30.1. The Morgan fingerprint density at radius 2 is 1.41 bits per heavy atom. The van der Waals surface area contributed by atoms with E-state index >= 15 is 0 Å². The highest BCUT2D eigenvalue weighted by molar-refractivity contribution is 9.10. The predicted octanol–water partition coefficient (Wildman–Crippen LogP) is 7.17. The Morgan fingerprint density at radius 3 is 2.22 bits per heavy atom. The summed E-state index contributed by atoms with van der Waals surface area (Å²) in [5, 5.41) is 2.26. The number of allylic oxidation sites excluding steroid dienone is 1. The van der Waals surface area contributed by atoms with Crippen LogP contribution in [0, 0.1) is 0 Å². The molecule has 0 saturated heterocycles. The molecule has 2 heteroatoms. The molecule has 0 aliphatic carbocycles. The first-order valence-corrected chi connectivity index (χ1v) is 9.57. The maximum Gasteiger partial charge on any atom is 0.185 e. The van der Waals surface area contributed by atoms with Crippen molar-refractivity contribution in [3.05, 3.63) is 113 Å². The number of benzene rings is 4. The van der Waals surface area contributed by atoms with Crippen LogP contribution in [0.3, 0.4) is 0 Å². The normalized spacial score (nSPS) is 11.1. The number of rotatable bonds is 4. The van der Waals surface area contributed by atoms with E-state index in [-0.39, 0.29) is 5.78 Å². The maximum absolute atomic E-state index is 12.7. The molecule has 130 valence electrons. The Labute approximate surface area is 167 Å². The summed E-state index contributed by atoms with van der Waals surface area (Å²) in [4.78, 5) is 12.7. The van der Waals surface area contributed by atoms with Crippen LogP contribution in [0.25, 0.3) is 28.0 Å². The van der Waals surface area contributed by atoms with Gasteiger partial charge in [0, 0.05) is 10.0 Å². The van der Waals surface area contributed by atoms with E-state index in [4.69, 9.17) is 0 Å². The Kier molecular flexibility index (Phi) is 4.99. The van der Waals surface area contributed by atoms with Gasteiger partial charge >= 0.3 is 0 Å². The van der Waals surface area contributed by atoms with E-state index in [1.807, 2.05) is 84.9 Å². The van der Waals surface area contributed by atoms with E-state index in [0.29, 0.717) is 5.56 Å². The molecule has 4 aromatic carbocycles. The first kappa shape index (κ1) is 17.4. The van der Waals surface area contributed by atoms with Crippen molar-refractivity contribution in [3.8, 4) is 11.1 Å². The Balaban J connectivity index is 1.65. The molecule has 0 saturated carbocycles. The van der Waals surface area contributed by atoms with Crippen LogP contribution in [0.5, 0.6) is 0 Å². The minimum Gasteiger partial charge on any atom is -0.289 e. The number of halogens is 1. The van der Waals surface area contributed by atoms with Gasteiger partial charge in [0.2, 0.25) is 0 Å². The van der Waals surface area contributed by atoms with Gasteiger partial charge in [0.05, 0.1) is 0 Å². The van der Waals surface area contributed by atoms with Crippen molar-refractivity contribution in [2.45, 2.75) is 0 Å². The number of fused-ring (bicyclic) bond motifs is 1. The van der Waals surface area contributed by atoms with Gasteiger partial charge in [0.1, 0.15) is 0 Å². The third-order valence-corrected chi connectivity index (χ3v) is 5.26. The zero-order chi connectivity index (χ0) is 18.6. The minimum atomic E-state index is -0.000203. The molecule has 1 nitrogen and oxygen atoms in total. The average Bonchev–Trinajstić information content (AvgIpc) is 2.74. The van der Waals surface area contributed by atoms with Crippen LogP contribution in [0.2, 0.25) is 0 Å². The SMILES string of the molecule is O=C(/C=C/c1ccc(Br)c2ccccc12)c1cccc(-c2ccccc2)c1. The van der Waals surface area contributed by atoms with Gasteiger partial charge in [-0.1, -0.05) is 101 Å². The molecule has 4 aromatic rings. The smallest absolute Gasteiger partial charge is 0.185 e. The van der Waals surface area contributed by atoms with E-state index < -0.39 is 0 Å². The molecular formula is C25H17BrO. The lowest BCUT2D eigenvalue weighted by Gasteiger charge is -2.05. The summed E-state index contributed by atoms with van der Waals surface area (Å²) in [7, 11) is 0. The van der Waals surface area contributed by atoms with Crippen molar-refractivity contribution in [2.75, 3.05) is 0 Å². The Morgan fingerprint density at radius 1 is 0.704 bits per heavy atom. The van der Waals surface area contributed by atoms with Crippen LogP contribution in [-0.2, 0) is 0 Å². The number of hydrogen-bond donors (Lipinski definition) is 0. The van der Waals surface area contributed by atoms with Gasteiger partial charge in [-0.25, -0.2) is 0 Å². The fourth-order valence-electron chi connectivity index (χ4n) is 3.18. The number of hydrogen-bond acceptors (Lipinski definition) is 1. The summed E-state index contributed by atoms with van der Waals surface area (Å²) in [5.41, 5.74) is 3.87. The molecule has 4 rings (SSSR count). The van der Waals surface area contributed by atoms with Gasteiger partial charge in [0.25, 0.3) is 0 Å². The third kappa shape index (κ3) is 3.76. The second kappa shape index (κ2) is 7.73. The topological polar surface area (TPSA) is 17.1 Å². The molecule has 0 fully saturated rings. The van der Waals surface area contributed by atoms with Crippen LogP contribution < -0.4 is 0 Å². The summed E-state index contributed by atoms with van der Waals surface area (Å²) in [5.74, 6) is -0.000203. The molecule has 0 heterocycles. The molecule has 0 aromatic heterocycles. The summed E-state index contributed by atoms with van der Waals surface area (Å²) in [6.45, 7) is 0. The second-order valence-electron chi connectivity index (χ2n) is 6.33. The Bertz CT molecular complexity index is 1140. The van der Waals surface area contributed by atoms with Crippen LogP contribution in [0.15, 0.2) is 102 Å². The van der Waals surface area contributed by atoms with E-state index in [9.17, 15) is 4.79 Å².